The first-order chi connectivity index (χ1) is 7.92. The summed E-state index contributed by atoms with van der Waals surface area (Å²) in [6.07, 6.45) is 6.94. The van der Waals surface area contributed by atoms with E-state index < -0.39 is 5.60 Å². The van der Waals surface area contributed by atoms with Crippen molar-refractivity contribution in [3.05, 3.63) is 0 Å². The van der Waals surface area contributed by atoms with E-state index >= 15 is 0 Å². The van der Waals surface area contributed by atoms with E-state index in [1.54, 1.807) is 18.7 Å². The van der Waals surface area contributed by atoms with E-state index in [1.807, 2.05) is 6.92 Å². The molecule has 3 nitrogen and oxygen atoms in total. The van der Waals surface area contributed by atoms with Crippen molar-refractivity contribution < 1.29 is 9.90 Å². The van der Waals surface area contributed by atoms with Crippen molar-refractivity contribution >= 4 is 5.91 Å². The SMILES string of the molecule is CCN(CC(C)(C)O)C(=O)CC1CCCCC1. The molecule has 1 N–H and O–H groups in total. The highest BCUT2D eigenvalue weighted by atomic mass is 16.3. The van der Waals surface area contributed by atoms with Gasteiger partial charge in [-0.05, 0) is 39.5 Å². The number of rotatable bonds is 5. The summed E-state index contributed by atoms with van der Waals surface area (Å²) >= 11 is 0. The first-order valence-corrected chi connectivity index (χ1v) is 6.92. The summed E-state index contributed by atoms with van der Waals surface area (Å²) in [7, 11) is 0. The van der Waals surface area contributed by atoms with Gasteiger partial charge in [0, 0.05) is 19.5 Å². The van der Waals surface area contributed by atoms with Crippen LogP contribution in [-0.2, 0) is 4.79 Å². The summed E-state index contributed by atoms with van der Waals surface area (Å²) in [5.74, 6) is 0.786. The van der Waals surface area contributed by atoms with Crippen LogP contribution in [0.3, 0.4) is 0 Å². The molecule has 1 aliphatic rings. The normalized spacial score (nSPS) is 18.1. The van der Waals surface area contributed by atoms with Crippen molar-refractivity contribution in [2.24, 2.45) is 5.92 Å². The van der Waals surface area contributed by atoms with Crippen molar-refractivity contribution in [1.29, 1.82) is 0 Å². The number of nitrogens with zero attached hydrogens (tertiary/aromatic N) is 1. The zero-order valence-electron chi connectivity index (χ0n) is 11.5. The van der Waals surface area contributed by atoms with Crippen LogP contribution in [0.15, 0.2) is 0 Å². The fourth-order valence-corrected chi connectivity index (χ4v) is 2.61. The van der Waals surface area contributed by atoms with Crippen LogP contribution >= 0.6 is 0 Å². The van der Waals surface area contributed by atoms with Crippen molar-refractivity contribution in [2.75, 3.05) is 13.1 Å². The maximum absolute atomic E-state index is 12.1. The zero-order chi connectivity index (χ0) is 12.9. The van der Waals surface area contributed by atoms with Crippen LogP contribution in [0.5, 0.6) is 0 Å². The van der Waals surface area contributed by atoms with Crippen LogP contribution in [0.2, 0.25) is 0 Å². The fourth-order valence-electron chi connectivity index (χ4n) is 2.61. The smallest absolute Gasteiger partial charge is 0.222 e. The molecule has 3 heteroatoms. The lowest BCUT2D eigenvalue weighted by Crippen LogP contribution is -2.42. The highest BCUT2D eigenvalue weighted by Crippen LogP contribution is 2.27. The molecule has 1 amide bonds. The van der Waals surface area contributed by atoms with Gasteiger partial charge in [0.1, 0.15) is 0 Å². The van der Waals surface area contributed by atoms with E-state index in [0.29, 0.717) is 25.4 Å². The van der Waals surface area contributed by atoms with Gasteiger partial charge in [-0.25, -0.2) is 0 Å². The van der Waals surface area contributed by atoms with E-state index in [0.717, 1.165) is 0 Å². The van der Waals surface area contributed by atoms with Crippen LogP contribution in [0.25, 0.3) is 0 Å². The second kappa shape index (κ2) is 6.39. The van der Waals surface area contributed by atoms with Crippen LogP contribution < -0.4 is 0 Å². The quantitative estimate of drug-likeness (QED) is 0.803. The molecule has 17 heavy (non-hydrogen) atoms. The number of aliphatic hydroxyl groups is 1. The number of amides is 1. The molecule has 0 atom stereocenters. The summed E-state index contributed by atoms with van der Waals surface area (Å²) in [5, 5.41) is 9.78. The molecule has 0 heterocycles. The van der Waals surface area contributed by atoms with Crippen LogP contribution in [-0.4, -0.2) is 34.6 Å². The lowest BCUT2D eigenvalue weighted by molar-refractivity contribution is -0.135. The molecular formula is C14H27NO2. The number of carbonyl (C=O) groups excluding carboxylic acids is 1. The summed E-state index contributed by atoms with van der Waals surface area (Å²) in [6, 6.07) is 0. The number of likely N-dealkylation sites (N-methyl/N-ethyl adjacent to an activating group) is 1. The average Bonchev–Trinajstić information content (AvgIpc) is 2.26. The zero-order valence-corrected chi connectivity index (χ0v) is 11.5. The van der Waals surface area contributed by atoms with Gasteiger partial charge in [0.2, 0.25) is 5.91 Å². The third-order valence-electron chi connectivity index (χ3n) is 3.50. The summed E-state index contributed by atoms with van der Waals surface area (Å²) < 4.78 is 0. The van der Waals surface area contributed by atoms with Crippen LogP contribution in [0.4, 0.5) is 0 Å². The van der Waals surface area contributed by atoms with Gasteiger partial charge in [-0.2, -0.15) is 0 Å². The molecule has 1 rings (SSSR count). The summed E-state index contributed by atoms with van der Waals surface area (Å²) in [6.45, 7) is 6.61. The number of carbonyl (C=O) groups is 1. The van der Waals surface area contributed by atoms with Crippen molar-refractivity contribution in [3.63, 3.8) is 0 Å². The van der Waals surface area contributed by atoms with Crippen LogP contribution in [0.1, 0.15) is 59.3 Å². The Balaban J connectivity index is 2.42. The number of hydrogen-bond acceptors (Lipinski definition) is 2. The average molecular weight is 241 g/mol. The van der Waals surface area contributed by atoms with Gasteiger partial charge in [-0.1, -0.05) is 19.3 Å². The molecule has 1 saturated carbocycles. The van der Waals surface area contributed by atoms with E-state index in [9.17, 15) is 9.90 Å². The van der Waals surface area contributed by atoms with Gasteiger partial charge in [0.25, 0.3) is 0 Å². The van der Waals surface area contributed by atoms with Crippen LogP contribution in [0, 0.1) is 5.92 Å². The Morgan fingerprint density at radius 1 is 1.29 bits per heavy atom. The van der Waals surface area contributed by atoms with Crippen molar-refractivity contribution in [3.8, 4) is 0 Å². The second-order valence-corrected chi connectivity index (χ2v) is 5.93. The highest BCUT2D eigenvalue weighted by molar-refractivity contribution is 5.76. The van der Waals surface area contributed by atoms with Crippen molar-refractivity contribution in [1.82, 2.24) is 4.90 Å². The predicted octanol–water partition coefficient (Wildman–Crippen LogP) is 2.58. The minimum Gasteiger partial charge on any atom is -0.389 e. The maximum Gasteiger partial charge on any atom is 0.222 e. The largest absolute Gasteiger partial charge is 0.389 e. The molecule has 0 aromatic heterocycles. The van der Waals surface area contributed by atoms with Gasteiger partial charge >= 0.3 is 0 Å². The molecule has 100 valence electrons. The molecule has 0 unspecified atom stereocenters. The Morgan fingerprint density at radius 3 is 2.35 bits per heavy atom. The van der Waals surface area contributed by atoms with Gasteiger partial charge in [-0.3, -0.25) is 4.79 Å². The Labute approximate surface area is 105 Å². The third-order valence-corrected chi connectivity index (χ3v) is 3.50. The Hall–Kier alpha value is -0.570. The molecule has 0 aliphatic heterocycles. The first kappa shape index (κ1) is 14.5. The highest BCUT2D eigenvalue weighted by Gasteiger charge is 2.24. The van der Waals surface area contributed by atoms with Gasteiger partial charge in [-0.15, -0.1) is 0 Å². The topological polar surface area (TPSA) is 40.5 Å². The monoisotopic (exact) mass is 241 g/mol. The molecule has 0 aromatic carbocycles. The van der Waals surface area contributed by atoms with E-state index in [2.05, 4.69) is 0 Å². The van der Waals surface area contributed by atoms with E-state index in [-0.39, 0.29) is 5.91 Å². The maximum atomic E-state index is 12.1. The Kier molecular flexibility index (Phi) is 5.44. The molecule has 0 saturated heterocycles. The van der Waals surface area contributed by atoms with Gasteiger partial charge in [0.05, 0.1) is 5.60 Å². The first-order valence-electron chi connectivity index (χ1n) is 6.92. The fraction of sp³-hybridized carbons (Fsp3) is 0.929. The number of hydrogen-bond donors (Lipinski definition) is 1. The second-order valence-electron chi connectivity index (χ2n) is 5.93. The summed E-state index contributed by atoms with van der Waals surface area (Å²) in [5.41, 5.74) is -0.793. The van der Waals surface area contributed by atoms with E-state index in [1.165, 1.54) is 32.1 Å². The molecule has 0 spiro atoms. The molecule has 1 aliphatic carbocycles. The van der Waals surface area contributed by atoms with E-state index in [4.69, 9.17) is 0 Å². The Bertz CT molecular complexity index is 239. The molecule has 1 fully saturated rings. The van der Waals surface area contributed by atoms with Crippen molar-refractivity contribution in [2.45, 2.75) is 64.9 Å². The minimum atomic E-state index is -0.793. The molecule has 0 bridgehead atoms. The lowest BCUT2D eigenvalue weighted by Gasteiger charge is -2.30. The lowest BCUT2D eigenvalue weighted by atomic mass is 9.86. The summed E-state index contributed by atoms with van der Waals surface area (Å²) in [4.78, 5) is 13.9. The standard InChI is InChI=1S/C14H27NO2/c1-4-15(11-14(2,3)17)13(16)10-12-8-6-5-7-9-12/h12,17H,4-11H2,1-3H3. The Morgan fingerprint density at radius 2 is 1.88 bits per heavy atom. The van der Waals surface area contributed by atoms with Gasteiger partial charge in [0.15, 0.2) is 0 Å². The molecular weight excluding hydrogens is 214 g/mol. The molecule has 0 radical (unpaired) electrons. The van der Waals surface area contributed by atoms with Gasteiger partial charge < -0.3 is 10.0 Å². The third kappa shape index (κ3) is 5.53. The minimum absolute atomic E-state index is 0.210. The molecule has 0 aromatic rings. The predicted molar refractivity (Wildman–Crippen MR) is 69.7 cm³/mol.